The van der Waals surface area contributed by atoms with Gasteiger partial charge < -0.3 is 20.1 Å². The van der Waals surface area contributed by atoms with Crippen LogP contribution in [0.25, 0.3) is 0 Å². The number of ether oxygens (including phenoxy) is 1. The maximum absolute atomic E-state index is 12.0. The number of phenols is 3. The smallest absolute Gasteiger partial charge is 0.338 e. The highest BCUT2D eigenvalue weighted by Gasteiger charge is 2.17. The van der Waals surface area contributed by atoms with E-state index in [2.05, 4.69) is 0 Å². The molecule has 0 spiro atoms. The Balaban J connectivity index is 2.10. The van der Waals surface area contributed by atoms with Crippen LogP contribution in [0.2, 0.25) is 10.0 Å². The Morgan fingerprint density at radius 1 is 1.00 bits per heavy atom. The fraction of sp³-hybridized carbons (Fsp3) is 0.0667. The van der Waals surface area contributed by atoms with Crippen LogP contribution in [0, 0.1) is 0 Å². The second-order valence-corrected chi connectivity index (χ2v) is 5.33. The average molecular weight is 357 g/mol. The molecule has 120 valence electrons. The Hall–Kier alpha value is -2.44. The van der Waals surface area contributed by atoms with Gasteiger partial charge >= 0.3 is 5.97 Å². The summed E-state index contributed by atoms with van der Waals surface area (Å²) in [5, 5.41) is 28.3. The number of rotatable bonds is 4. The van der Waals surface area contributed by atoms with Crippen molar-refractivity contribution in [1.82, 2.24) is 0 Å². The third-order valence-corrected chi connectivity index (χ3v) is 3.43. The van der Waals surface area contributed by atoms with Crippen LogP contribution in [0.5, 0.6) is 17.2 Å². The van der Waals surface area contributed by atoms with Crippen LogP contribution >= 0.6 is 23.2 Å². The van der Waals surface area contributed by atoms with Gasteiger partial charge in [0.25, 0.3) is 0 Å². The second kappa shape index (κ2) is 6.76. The van der Waals surface area contributed by atoms with Crippen LogP contribution in [-0.2, 0) is 4.74 Å². The largest absolute Gasteiger partial charge is 0.504 e. The minimum Gasteiger partial charge on any atom is -0.504 e. The Morgan fingerprint density at radius 3 is 2.22 bits per heavy atom. The molecule has 23 heavy (non-hydrogen) atoms. The highest BCUT2D eigenvalue weighted by Crippen LogP contribution is 2.35. The van der Waals surface area contributed by atoms with Gasteiger partial charge in [-0.2, -0.15) is 0 Å². The predicted molar refractivity (Wildman–Crippen MR) is 82.5 cm³/mol. The molecule has 0 saturated carbocycles. The van der Waals surface area contributed by atoms with Crippen LogP contribution in [0.4, 0.5) is 0 Å². The lowest BCUT2D eigenvalue weighted by atomic mass is 10.1. The molecule has 0 aliphatic heterocycles. The molecule has 0 fully saturated rings. The van der Waals surface area contributed by atoms with Crippen molar-refractivity contribution in [1.29, 1.82) is 0 Å². The number of carbonyl (C=O) groups excluding carboxylic acids is 2. The molecule has 0 radical (unpaired) electrons. The maximum atomic E-state index is 12.0. The Morgan fingerprint density at radius 2 is 1.61 bits per heavy atom. The van der Waals surface area contributed by atoms with Gasteiger partial charge in [-0.1, -0.05) is 23.2 Å². The van der Waals surface area contributed by atoms with E-state index < -0.39 is 35.6 Å². The van der Waals surface area contributed by atoms with E-state index in [1.54, 1.807) is 0 Å². The number of aromatic hydroxyl groups is 3. The molecule has 0 aliphatic rings. The highest BCUT2D eigenvalue weighted by atomic mass is 35.5. The standard InChI is InChI=1S/C15H10Cl2O6/c16-8-1-2-10(17)9(5-8)13(20)6-23-15(22)7-3-11(18)14(21)12(19)4-7/h1-5,18-19,21H,6H2. The molecule has 6 nitrogen and oxygen atoms in total. The second-order valence-electron chi connectivity index (χ2n) is 4.49. The van der Waals surface area contributed by atoms with Crippen molar-refractivity contribution in [3.05, 3.63) is 51.5 Å². The molecule has 0 aliphatic carbocycles. The van der Waals surface area contributed by atoms with Crippen molar-refractivity contribution in [2.75, 3.05) is 6.61 Å². The minimum atomic E-state index is -0.970. The number of Topliss-reactive ketones (excluding diaryl/α,β-unsaturated/α-hetero) is 1. The van der Waals surface area contributed by atoms with Gasteiger partial charge in [0.1, 0.15) is 0 Å². The molecule has 0 heterocycles. The van der Waals surface area contributed by atoms with E-state index in [4.69, 9.17) is 27.9 Å². The number of hydrogen-bond acceptors (Lipinski definition) is 6. The molecule has 0 saturated heterocycles. The minimum absolute atomic E-state index is 0.100. The van der Waals surface area contributed by atoms with Crippen molar-refractivity contribution in [3.8, 4) is 17.2 Å². The number of hydrogen-bond donors (Lipinski definition) is 3. The third kappa shape index (κ3) is 3.85. The van der Waals surface area contributed by atoms with Crippen molar-refractivity contribution in [2.45, 2.75) is 0 Å². The summed E-state index contributed by atoms with van der Waals surface area (Å²) in [6.45, 7) is -0.610. The van der Waals surface area contributed by atoms with Crippen LogP contribution in [0.15, 0.2) is 30.3 Å². The summed E-state index contributed by atoms with van der Waals surface area (Å²) < 4.78 is 4.79. The molecule has 0 bridgehead atoms. The summed E-state index contributed by atoms with van der Waals surface area (Å²) in [5.74, 6) is -3.69. The quantitative estimate of drug-likeness (QED) is 0.441. The Bertz CT molecular complexity index is 765. The fourth-order valence-corrected chi connectivity index (χ4v) is 2.12. The lowest BCUT2D eigenvalue weighted by Gasteiger charge is -2.08. The van der Waals surface area contributed by atoms with Crippen molar-refractivity contribution >= 4 is 35.0 Å². The first-order chi connectivity index (χ1) is 10.8. The lowest BCUT2D eigenvalue weighted by Crippen LogP contribution is -2.14. The summed E-state index contributed by atoms with van der Waals surface area (Å²) in [5.41, 5.74) is -0.133. The van der Waals surface area contributed by atoms with E-state index in [9.17, 15) is 24.9 Å². The average Bonchev–Trinajstić information content (AvgIpc) is 2.51. The summed E-state index contributed by atoms with van der Waals surface area (Å²) in [6.07, 6.45) is 0. The van der Waals surface area contributed by atoms with Crippen molar-refractivity contribution < 1.29 is 29.6 Å². The van der Waals surface area contributed by atoms with Gasteiger partial charge in [0.05, 0.1) is 10.6 Å². The number of esters is 1. The predicted octanol–water partition coefficient (Wildman–Crippen LogP) is 3.15. The molecule has 0 atom stereocenters. The molecule has 8 heteroatoms. The zero-order valence-corrected chi connectivity index (χ0v) is 12.9. The highest BCUT2D eigenvalue weighted by molar-refractivity contribution is 6.36. The van der Waals surface area contributed by atoms with Crippen LogP contribution in [0.1, 0.15) is 20.7 Å². The molecular weight excluding hydrogens is 347 g/mol. The van der Waals surface area contributed by atoms with Crippen LogP contribution in [0.3, 0.4) is 0 Å². The molecule has 2 aromatic rings. The number of phenolic OH excluding ortho intramolecular Hbond substituents is 3. The van der Waals surface area contributed by atoms with E-state index in [0.29, 0.717) is 5.02 Å². The van der Waals surface area contributed by atoms with Gasteiger partial charge in [-0.15, -0.1) is 0 Å². The molecule has 0 amide bonds. The topological polar surface area (TPSA) is 104 Å². The van der Waals surface area contributed by atoms with E-state index in [-0.39, 0.29) is 16.1 Å². The Kier molecular flexibility index (Phi) is 4.98. The molecule has 3 N–H and O–H groups in total. The summed E-state index contributed by atoms with van der Waals surface area (Å²) in [4.78, 5) is 23.8. The zero-order chi connectivity index (χ0) is 17.1. The number of ketones is 1. The maximum Gasteiger partial charge on any atom is 0.338 e. The van der Waals surface area contributed by atoms with E-state index in [1.807, 2.05) is 0 Å². The number of halogens is 2. The lowest BCUT2D eigenvalue weighted by molar-refractivity contribution is 0.0474. The van der Waals surface area contributed by atoms with E-state index in [0.717, 1.165) is 12.1 Å². The van der Waals surface area contributed by atoms with Gasteiger partial charge in [0.2, 0.25) is 5.78 Å². The Labute approximate surface area is 140 Å². The SMILES string of the molecule is O=C(OCC(=O)c1cc(Cl)ccc1Cl)c1cc(O)c(O)c(O)c1. The summed E-state index contributed by atoms with van der Waals surface area (Å²) in [6, 6.07) is 6.09. The number of carbonyl (C=O) groups is 2. The van der Waals surface area contributed by atoms with Gasteiger partial charge in [0.15, 0.2) is 23.9 Å². The molecule has 0 unspecified atom stereocenters. The van der Waals surface area contributed by atoms with E-state index in [1.165, 1.54) is 18.2 Å². The van der Waals surface area contributed by atoms with E-state index >= 15 is 0 Å². The first kappa shape index (κ1) is 16.9. The van der Waals surface area contributed by atoms with Crippen LogP contribution < -0.4 is 0 Å². The number of benzene rings is 2. The monoisotopic (exact) mass is 356 g/mol. The molecule has 0 aromatic heterocycles. The summed E-state index contributed by atoms with van der Waals surface area (Å²) in [7, 11) is 0. The first-order valence-electron chi connectivity index (χ1n) is 6.20. The molecule has 2 aromatic carbocycles. The molecule has 2 rings (SSSR count). The fourth-order valence-electron chi connectivity index (χ4n) is 1.73. The van der Waals surface area contributed by atoms with Gasteiger partial charge in [-0.3, -0.25) is 4.79 Å². The van der Waals surface area contributed by atoms with Gasteiger partial charge in [0, 0.05) is 10.6 Å². The summed E-state index contributed by atoms with van der Waals surface area (Å²) >= 11 is 11.6. The zero-order valence-electron chi connectivity index (χ0n) is 11.4. The third-order valence-electron chi connectivity index (χ3n) is 2.87. The normalized spacial score (nSPS) is 10.3. The van der Waals surface area contributed by atoms with Crippen LogP contribution in [-0.4, -0.2) is 33.7 Å². The van der Waals surface area contributed by atoms with Gasteiger partial charge in [-0.05, 0) is 30.3 Å². The molecular formula is C15H10Cl2O6. The first-order valence-corrected chi connectivity index (χ1v) is 6.95. The van der Waals surface area contributed by atoms with Crippen molar-refractivity contribution in [3.63, 3.8) is 0 Å². The van der Waals surface area contributed by atoms with Gasteiger partial charge in [-0.25, -0.2) is 4.79 Å². The van der Waals surface area contributed by atoms with Crippen molar-refractivity contribution in [2.24, 2.45) is 0 Å².